The molecule has 0 spiro atoms. The lowest BCUT2D eigenvalue weighted by atomic mass is 9.89. The zero-order chi connectivity index (χ0) is 26.1. The van der Waals surface area contributed by atoms with E-state index in [4.69, 9.17) is 4.74 Å². The Morgan fingerprint density at radius 3 is 2.36 bits per heavy atom. The molecule has 2 aliphatic heterocycles. The van der Waals surface area contributed by atoms with Gasteiger partial charge in [0.25, 0.3) is 0 Å². The van der Waals surface area contributed by atoms with Crippen LogP contribution in [0.2, 0.25) is 0 Å². The Bertz CT molecular complexity index is 835. The predicted molar refractivity (Wildman–Crippen MR) is 138 cm³/mol. The van der Waals surface area contributed by atoms with Gasteiger partial charge in [-0.2, -0.15) is 13.2 Å². The van der Waals surface area contributed by atoms with Gasteiger partial charge < -0.3 is 15.0 Å². The lowest BCUT2D eigenvalue weighted by Crippen LogP contribution is -2.42. The second-order valence-corrected chi connectivity index (χ2v) is 10.6. The van der Waals surface area contributed by atoms with Crippen LogP contribution in [0, 0.1) is 5.92 Å². The van der Waals surface area contributed by atoms with E-state index in [1.807, 2.05) is 6.92 Å². The van der Waals surface area contributed by atoms with Gasteiger partial charge in [-0.05, 0) is 73.8 Å². The molecule has 1 aromatic rings. The Morgan fingerprint density at radius 2 is 1.75 bits per heavy atom. The summed E-state index contributed by atoms with van der Waals surface area (Å²) in [4.78, 5) is 15.0. The van der Waals surface area contributed by atoms with Crippen LogP contribution >= 0.6 is 0 Å². The Kier molecular flexibility index (Phi) is 11.1. The summed E-state index contributed by atoms with van der Waals surface area (Å²) in [6.07, 6.45) is 6.49. The Morgan fingerprint density at radius 1 is 1.03 bits per heavy atom. The molecule has 3 aliphatic rings. The van der Waals surface area contributed by atoms with Gasteiger partial charge in [0, 0.05) is 44.3 Å². The minimum atomic E-state index is -4.36. The van der Waals surface area contributed by atoms with Crippen molar-refractivity contribution in [2.24, 2.45) is 5.92 Å². The van der Waals surface area contributed by atoms with E-state index in [2.05, 4.69) is 19.2 Å². The van der Waals surface area contributed by atoms with Crippen molar-refractivity contribution in [2.75, 3.05) is 19.8 Å². The number of ether oxygens (including phenoxy) is 1. The number of carbonyl (C=O) groups is 1. The second-order valence-electron chi connectivity index (χ2n) is 10.6. The highest BCUT2D eigenvalue weighted by Gasteiger charge is 2.37. The first kappa shape index (κ1) is 29.0. The summed E-state index contributed by atoms with van der Waals surface area (Å²) in [7, 11) is 0. The number of benzene rings is 1. The molecule has 1 amide bonds. The van der Waals surface area contributed by atoms with Crippen LogP contribution in [-0.2, 0) is 35.1 Å². The molecule has 204 valence electrons. The van der Waals surface area contributed by atoms with Crippen LogP contribution in [0.5, 0.6) is 0 Å². The SMILES string of the molecule is CCCCC.CCCc1cc(C(F)(F)F)cc2c1CCN(C(=O)C1CCC(NC3CCOCC3)C1)C2. The molecule has 2 atom stereocenters. The molecular weight excluding hydrogens is 465 g/mol. The van der Waals surface area contributed by atoms with Gasteiger partial charge >= 0.3 is 6.18 Å². The fraction of sp³-hybridized carbons (Fsp3) is 0.759. The Balaban J connectivity index is 0.000000658. The molecule has 0 bridgehead atoms. The van der Waals surface area contributed by atoms with E-state index in [-0.39, 0.29) is 11.8 Å². The van der Waals surface area contributed by atoms with Crippen molar-refractivity contribution in [1.82, 2.24) is 10.2 Å². The lowest BCUT2D eigenvalue weighted by Gasteiger charge is -2.33. The summed E-state index contributed by atoms with van der Waals surface area (Å²) in [6, 6.07) is 3.39. The van der Waals surface area contributed by atoms with Crippen molar-refractivity contribution in [3.05, 3.63) is 34.4 Å². The molecule has 0 aromatic heterocycles. The van der Waals surface area contributed by atoms with E-state index in [1.165, 1.54) is 31.4 Å². The number of nitrogens with one attached hydrogen (secondary N) is 1. The smallest absolute Gasteiger partial charge is 0.381 e. The zero-order valence-corrected chi connectivity index (χ0v) is 22.4. The van der Waals surface area contributed by atoms with E-state index in [9.17, 15) is 18.0 Å². The first-order valence-electron chi connectivity index (χ1n) is 14.1. The van der Waals surface area contributed by atoms with E-state index >= 15 is 0 Å². The molecule has 2 heterocycles. The fourth-order valence-electron chi connectivity index (χ4n) is 5.80. The largest absolute Gasteiger partial charge is 0.416 e. The number of nitrogens with zero attached hydrogens (tertiary/aromatic N) is 1. The number of carbonyl (C=O) groups excluding carboxylic acids is 1. The number of aryl methyl sites for hydroxylation is 1. The van der Waals surface area contributed by atoms with Crippen LogP contribution in [0.1, 0.15) is 101 Å². The summed E-state index contributed by atoms with van der Waals surface area (Å²) in [6.45, 7) is 8.88. The summed E-state index contributed by atoms with van der Waals surface area (Å²) in [5.41, 5.74) is 1.89. The highest BCUT2D eigenvalue weighted by Crippen LogP contribution is 2.36. The van der Waals surface area contributed by atoms with Crippen molar-refractivity contribution in [3.8, 4) is 0 Å². The second kappa shape index (κ2) is 13.8. The van der Waals surface area contributed by atoms with E-state index in [0.717, 1.165) is 62.9 Å². The average molecular weight is 511 g/mol. The van der Waals surface area contributed by atoms with Gasteiger partial charge in [-0.1, -0.05) is 46.5 Å². The third-order valence-corrected chi connectivity index (χ3v) is 7.77. The summed E-state index contributed by atoms with van der Waals surface area (Å²) in [5, 5.41) is 3.69. The first-order chi connectivity index (χ1) is 17.3. The third-order valence-electron chi connectivity index (χ3n) is 7.77. The third kappa shape index (κ3) is 7.95. The normalized spacial score (nSPS) is 22.7. The fourth-order valence-corrected chi connectivity index (χ4v) is 5.80. The molecule has 1 N–H and O–H groups in total. The maximum atomic E-state index is 13.4. The molecule has 36 heavy (non-hydrogen) atoms. The maximum absolute atomic E-state index is 13.4. The number of hydrogen-bond acceptors (Lipinski definition) is 3. The Hall–Kier alpha value is -1.60. The van der Waals surface area contributed by atoms with Gasteiger partial charge in [0.2, 0.25) is 5.91 Å². The van der Waals surface area contributed by atoms with E-state index in [0.29, 0.717) is 43.6 Å². The monoisotopic (exact) mass is 510 g/mol. The molecule has 1 aliphatic carbocycles. The first-order valence-corrected chi connectivity index (χ1v) is 14.1. The zero-order valence-electron chi connectivity index (χ0n) is 22.4. The van der Waals surface area contributed by atoms with Gasteiger partial charge in [0.15, 0.2) is 0 Å². The Labute approximate surface area is 215 Å². The van der Waals surface area contributed by atoms with Crippen molar-refractivity contribution in [2.45, 2.75) is 116 Å². The van der Waals surface area contributed by atoms with Gasteiger partial charge in [-0.25, -0.2) is 0 Å². The van der Waals surface area contributed by atoms with Crippen LogP contribution in [0.15, 0.2) is 12.1 Å². The molecule has 7 heteroatoms. The van der Waals surface area contributed by atoms with Gasteiger partial charge in [0.1, 0.15) is 0 Å². The molecule has 4 rings (SSSR count). The van der Waals surface area contributed by atoms with Gasteiger partial charge in [-0.15, -0.1) is 0 Å². The summed E-state index contributed by atoms with van der Waals surface area (Å²) >= 11 is 0. The van der Waals surface area contributed by atoms with Crippen molar-refractivity contribution in [3.63, 3.8) is 0 Å². The number of alkyl halides is 3. The van der Waals surface area contributed by atoms with Crippen LogP contribution in [0.4, 0.5) is 13.2 Å². The minimum Gasteiger partial charge on any atom is -0.381 e. The van der Waals surface area contributed by atoms with Gasteiger partial charge in [-0.3, -0.25) is 4.79 Å². The van der Waals surface area contributed by atoms with Crippen LogP contribution in [0.25, 0.3) is 0 Å². The molecule has 1 saturated carbocycles. The quantitative estimate of drug-likeness (QED) is 0.445. The molecule has 1 aromatic carbocycles. The van der Waals surface area contributed by atoms with E-state index < -0.39 is 11.7 Å². The number of hydrogen-bond donors (Lipinski definition) is 1. The summed E-state index contributed by atoms with van der Waals surface area (Å²) < 4.78 is 45.7. The molecule has 0 radical (unpaired) electrons. The van der Waals surface area contributed by atoms with Crippen LogP contribution in [0.3, 0.4) is 0 Å². The topological polar surface area (TPSA) is 41.6 Å². The number of fused-ring (bicyclic) bond motifs is 1. The molecule has 4 nitrogen and oxygen atoms in total. The minimum absolute atomic E-state index is 0.0280. The van der Waals surface area contributed by atoms with Gasteiger partial charge in [0.05, 0.1) is 5.56 Å². The molecule has 1 saturated heterocycles. The van der Waals surface area contributed by atoms with Crippen LogP contribution < -0.4 is 5.32 Å². The molecular formula is C29H45F3N2O2. The number of unbranched alkanes of at least 4 members (excludes halogenated alkanes) is 2. The highest BCUT2D eigenvalue weighted by atomic mass is 19.4. The summed E-state index contributed by atoms with van der Waals surface area (Å²) in [5.74, 6) is 0.0798. The maximum Gasteiger partial charge on any atom is 0.416 e. The molecule has 2 unspecified atom stereocenters. The van der Waals surface area contributed by atoms with Crippen molar-refractivity contribution in [1.29, 1.82) is 0 Å². The lowest BCUT2D eigenvalue weighted by molar-refractivity contribution is -0.137. The number of halogens is 3. The average Bonchev–Trinajstić information content (AvgIpc) is 3.32. The van der Waals surface area contributed by atoms with Crippen LogP contribution in [-0.4, -0.2) is 42.6 Å². The van der Waals surface area contributed by atoms with Crippen molar-refractivity contribution >= 4 is 5.91 Å². The van der Waals surface area contributed by atoms with E-state index in [1.54, 1.807) is 4.90 Å². The van der Waals surface area contributed by atoms with Crippen molar-refractivity contribution < 1.29 is 22.7 Å². The molecule has 2 fully saturated rings. The number of amides is 1. The highest BCUT2D eigenvalue weighted by molar-refractivity contribution is 5.79. The predicted octanol–water partition coefficient (Wildman–Crippen LogP) is 6.68. The standard InChI is InChI=1S/C24H33F3N2O2.C5H12/c1-2-3-16-12-19(24(25,26)27)13-18-15-29(9-6-22(16)18)23(30)17-4-5-21(14-17)28-20-7-10-31-11-8-20;1-3-5-4-2/h12-13,17,20-21,28H,2-11,14-15H2,1H3;3-5H2,1-2H3. The number of rotatable bonds is 7.